The molecule has 1 aromatic carbocycles. The van der Waals surface area contributed by atoms with Gasteiger partial charge in [-0.05, 0) is 30.4 Å². The highest BCUT2D eigenvalue weighted by Crippen LogP contribution is 2.36. The Morgan fingerprint density at radius 1 is 1.29 bits per heavy atom. The summed E-state index contributed by atoms with van der Waals surface area (Å²) in [6.07, 6.45) is 6.39. The van der Waals surface area contributed by atoms with Gasteiger partial charge in [-0.2, -0.15) is 0 Å². The molecule has 1 fully saturated rings. The van der Waals surface area contributed by atoms with Crippen molar-refractivity contribution < 1.29 is 0 Å². The molecule has 0 spiro atoms. The maximum absolute atomic E-state index is 8.89. The molecule has 2 aromatic heterocycles. The minimum absolute atomic E-state index is 0.148. The van der Waals surface area contributed by atoms with E-state index < -0.39 is 0 Å². The van der Waals surface area contributed by atoms with Crippen molar-refractivity contribution in [3.05, 3.63) is 59.8 Å². The second-order valence-electron chi connectivity index (χ2n) is 7.41. The van der Waals surface area contributed by atoms with Gasteiger partial charge in [-0.15, -0.1) is 0 Å². The number of fused-ring (bicyclic) bond motifs is 1. The van der Waals surface area contributed by atoms with Crippen molar-refractivity contribution in [3.8, 4) is 0 Å². The van der Waals surface area contributed by atoms with Gasteiger partial charge in [-0.25, -0.2) is 4.98 Å². The summed E-state index contributed by atoms with van der Waals surface area (Å²) >= 11 is 1.75. The zero-order valence-electron chi connectivity index (χ0n) is 16.0. The Labute approximate surface area is 168 Å². The van der Waals surface area contributed by atoms with Crippen LogP contribution in [0.5, 0.6) is 0 Å². The van der Waals surface area contributed by atoms with E-state index >= 15 is 0 Å². The lowest BCUT2D eigenvalue weighted by Gasteiger charge is -2.21. The van der Waals surface area contributed by atoms with E-state index in [0.29, 0.717) is 17.8 Å². The quantitative estimate of drug-likeness (QED) is 0.290. The van der Waals surface area contributed by atoms with Gasteiger partial charge in [0.15, 0.2) is 5.65 Å². The summed E-state index contributed by atoms with van der Waals surface area (Å²) in [5.41, 5.74) is 3.11. The fourth-order valence-corrected chi connectivity index (χ4v) is 5.07. The Hall–Kier alpha value is -2.38. The van der Waals surface area contributed by atoms with E-state index in [2.05, 4.69) is 45.9 Å². The topological polar surface area (TPSA) is 93.3 Å². The van der Waals surface area contributed by atoms with Crippen molar-refractivity contribution in [3.63, 3.8) is 0 Å². The van der Waals surface area contributed by atoms with Gasteiger partial charge < -0.3 is 4.98 Å². The lowest BCUT2D eigenvalue weighted by Crippen LogP contribution is -2.34. The fourth-order valence-electron chi connectivity index (χ4n) is 4.20. The minimum Gasteiger partial charge on any atom is -0.345 e. The van der Waals surface area contributed by atoms with E-state index in [0.717, 1.165) is 36.2 Å². The van der Waals surface area contributed by atoms with Gasteiger partial charge in [0.1, 0.15) is 11.3 Å². The number of hydrogen-bond acceptors (Lipinski definition) is 5. The standard InChI is InChI=1S/C21H26N6S/c1-2-15-10-16(26-28-13-14-6-4-3-5-7-14)11-17(15)20(23)27-18-8-9-24-21(18)25-12-19(27)22/h3-9,12,15-17,22-24,26H,2,10-11,13H2,1H3/t15?,16-,17?/m0/s1. The molecule has 28 heavy (non-hydrogen) atoms. The maximum atomic E-state index is 8.89. The molecule has 2 unspecified atom stereocenters. The van der Waals surface area contributed by atoms with Crippen LogP contribution in [0.4, 0.5) is 0 Å². The Morgan fingerprint density at radius 2 is 2.11 bits per heavy atom. The first-order chi connectivity index (χ1) is 13.7. The van der Waals surface area contributed by atoms with Crippen LogP contribution in [0, 0.1) is 22.7 Å². The first kappa shape index (κ1) is 19.0. The van der Waals surface area contributed by atoms with E-state index in [1.165, 1.54) is 11.8 Å². The predicted molar refractivity (Wildman–Crippen MR) is 114 cm³/mol. The molecule has 1 saturated carbocycles. The first-order valence-electron chi connectivity index (χ1n) is 9.77. The second-order valence-corrected chi connectivity index (χ2v) is 8.22. The molecule has 4 N–H and O–H groups in total. The fraction of sp³-hybridized carbons (Fsp3) is 0.381. The monoisotopic (exact) mass is 394 g/mol. The Kier molecular flexibility index (Phi) is 5.64. The van der Waals surface area contributed by atoms with Gasteiger partial charge >= 0.3 is 0 Å². The molecular weight excluding hydrogens is 368 g/mol. The first-order valence-corrected chi connectivity index (χ1v) is 10.8. The van der Waals surface area contributed by atoms with Crippen molar-refractivity contribution in [1.82, 2.24) is 19.3 Å². The summed E-state index contributed by atoms with van der Waals surface area (Å²) in [5.74, 6) is 2.06. The highest BCUT2D eigenvalue weighted by molar-refractivity contribution is 7.96. The maximum Gasteiger partial charge on any atom is 0.154 e. The van der Waals surface area contributed by atoms with Crippen molar-refractivity contribution >= 4 is 28.9 Å². The Balaban J connectivity index is 1.46. The number of aromatic nitrogens is 3. The van der Waals surface area contributed by atoms with Crippen LogP contribution in [-0.2, 0) is 5.75 Å². The smallest absolute Gasteiger partial charge is 0.154 e. The highest BCUT2D eigenvalue weighted by atomic mass is 32.2. The van der Waals surface area contributed by atoms with Gasteiger partial charge in [-0.1, -0.05) is 55.6 Å². The number of nitrogens with zero attached hydrogens (tertiary/aromatic N) is 2. The molecule has 0 radical (unpaired) electrons. The highest BCUT2D eigenvalue weighted by Gasteiger charge is 2.36. The minimum atomic E-state index is 0.148. The molecule has 146 valence electrons. The van der Waals surface area contributed by atoms with Crippen molar-refractivity contribution in [2.24, 2.45) is 11.8 Å². The number of aromatic amines is 1. The molecule has 0 aliphatic heterocycles. The van der Waals surface area contributed by atoms with Crippen LogP contribution >= 0.6 is 11.9 Å². The third kappa shape index (κ3) is 3.77. The molecule has 0 bridgehead atoms. The molecule has 2 heterocycles. The van der Waals surface area contributed by atoms with E-state index in [1.54, 1.807) is 16.5 Å². The average molecular weight is 395 g/mol. The number of benzene rings is 1. The van der Waals surface area contributed by atoms with Crippen LogP contribution < -0.4 is 10.2 Å². The molecule has 7 heteroatoms. The summed E-state index contributed by atoms with van der Waals surface area (Å²) in [7, 11) is 0. The van der Waals surface area contributed by atoms with Crippen molar-refractivity contribution in [1.29, 1.82) is 10.8 Å². The van der Waals surface area contributed by atoms with E-state index in [-0.39, 0.29) is 11.4 Å². The number of hydrogen-bond donors (Lipinski definition) is 4. The summed E-state index contributed by atoms with van der Waals surface area (Å²) in [5, 5.41) is 17.2. The van der Waals surface area contributed by atoms with Gasteiger partial charge in [-0.3, -0.25) is 20.1 Å². The second kappa shape index (κ2) is 8.32. The third-order valence-electron chi connectivity index (χ3n) is 5.64. The third-order valence-corrected chi connectivity index (χ3v) is 6.62. The molecule has 0 amide bonds. The van der Waals surface area contributed by atoms with Crippen LogP contribution in [0.1, 0.15) is 31.7 Å². The molecular formula is C21H26N6S. The molecule has 1 aliphatic carbocycles. The zero-order chi connectivity index (χ0) is 19.5. The molecule has 3 aromatic rings. The van der Waals surface area contributed by atoms with Crippen LogP contribution in [0.15, 0.2) is 48.8 Å². The van der Waals surface area contributed by atoms with Gasteiger partial charge in [0, 0.05) is 23.9 Å². The molecule has 3 atom stereocenters. The summed E-state index contributed by atoms with van der Waals surface area (Å²) in [6.45, 7) is 2.20. The van der Waals surface area contributed by atoms with Gasteiger partial charge in [0.05, 0.1) is 11.7 Å². The number of rotatable bonds is 6. The Bertz CT molecular complexity index is 1010. The lowest BCUT2D eigenvalue weighted by molar-refractivity contribution is 0.454. The number of nitrogens with one attached hydrogen (secondary N) is 4. The molecule has 6 nitrogen and oxygen atoms in total. The largest absolute Gasteiger partial charge is 0.345 e. The molecule has 0 saturated heterocycles. The lowest BCUT2D eigenvalue weighted by atomic mass is 9.92. The van der Waals surface area contributed by atoms with Crippen LogP contribution in [-0.4, -0.2) is 26.4 Å². The van der Waals surface area contributed by atoms with Crippen LogP contribution in [0.2, 0.25) is 0 Å². The van der Waals surface area contributed by atoms with E-state index in [4.69, 9.17) is 10.8 Å². The van der Waals surface area contributed by atoms with Crippen molar-refractivity contribution in [2.45, 2.75) is 38.0 Å². The predicted octanol–water partition coefficient (Wildman–Crippen LogP) is 3.91. The van der Waals surface area contributed by atoms with E-state index in [9.17, 15) is 0 Å². The SMILES string of the molecule is CCC1C[C@H](NSCc2ccccc2)CC1C(=N)n1c(=N)cnc2[nH]ccc21. The summed E-state index contributed by atoms with van der Waals surface area (Å²) in [4.78, 5) is 7.34. The van der Waals surface area contributed by atoms with Crippen molar-refractivity contribution in [2.75, 3.05) is 0 Å². The Morgan fingerprint density at radius 3 is 2.89 bits per heavy atom. The van der Waals surface area contributed by atoms with Crippen LogP contribution in [0.25, 0.3) is 11.2 Å². The summed E-state index contributed by atoms with van der Waals surface area (Å²) in [6, 6.07) is 12.8. The zero-order valence-corrected chi connectivity index (χ0v) is 16.8. The number of H-pyrrole nitrogens is 1. The molecule has 4 rings (SSSR count). The van der Waals surface area contributed by atoms with Crippen LogP contribution in [0.3, 0.4) is 0 Å². The normalized spacial score (nSPS) is 22.0. The summed E-state index contributed by atoms with van der Waals surface area (Å²) < 4.78 is 5.36. The van der Waals surface area contributed by atoms with Gasteiger partial charge in [0.2, 0.25) is 0 Å². The average Bonchev–Trinajstić information content (AvgIpc) is 3.35. The molecule has 1 aliphatic rings. The van der Waals surface area contributed by atoms with Gasteiger partial charge in [0.25, 0.3) is 0 Å². The van der Waals surface area contributed by atoms with E-state index in [1.807, 2.05) is 18.3 Å².